The number of benzene rings is 18. The quantitative estimate of drug-likeness (QED) is 0.160. The predicted octanol–water partition coefficient (Wildman–Crippen LogP) is 34.4. The molecule has 0 aliphatic heterocycles. The van der Waals surface area contributed by atoms with Crippen LogP contribution >= 0.6 is 45.3 Å². The van der Waals surface area contributed by atoms with Gasteiger partial charge in [-0.1, -0.05) is 279 Å². The van der Waals surface area contributed by atoms with Crippen molar-refractivity contribution < 1.29 is 0 Å². The zero-order valence-corrected chi connectivity index (χ0v) is 76.4. The molecule has 0 saturated heterocycles. The molecule has 638 valence electrons. The normalized spacial score (nSPS) is 12.2. The van der Waals surface area contributed by atoms with E-state index in [0.717, 1.165) is 39.9 Å². The first kappa shape index (κ1) is 76.4. The van der Waals surface area contributed by atoms with E-state index in [1.54, 1.807) is 0 Å². The lowest BCUT2D eigenvalue weighted by Gasteiger charge is -2.11. The van der Waals surface area contributed by atoms with E-state index in [1.165, 1.54) is 234 Å². The molecule has 0 amide bonds. The van der Waals surface area contributed by atoms with Crippen molar-refractivity contribution in [3.63, 3.8) is 0 Å². The topological polar surface area (TPSA) is 73.2 Å². The monoisotopic (exact) mass is 1820 g/mol. The Kier molecular flexibility index (Phi) is 16.6. The minimum atomic E-state index is 0.960. The summed E-state index contributed by atoms with van der Waals surface area (Å²) in [6.45, 7) is 0. The van der Waals surface area contributed by atoms with E-state index in [2.05, 4.69) is 451 Å². The summed E-state index contributed by atoms with van der Waals surface area (Å²) in [5, 5.41) is 28.0. The van der Waals surface area contributed by atoms with Crippen LogP contribution in [0.1, 0.15) is 0 Å². The maximum atomic E-state index is 5.21. The molecule has 0 aliphatic carbocycles. The third kappa shape index (κ3) is 10.9. The van der Waals surface area contributed by atoms with Gasteiger partial charge in [-0.15, -0.1) is 45.3 Å². The van der Waals surface area contributed by atoms with Gasteiger partial charge in [0.1, 0.15) is 0 Å². The molecule has 14 heterocycles. The van der Waals surface area contributed by atoms with Crippen LogP contribution in [-0.2, 0) is 0 Å². The second kappa shape index (κ2) is 29.7. The van der Waals surface area contributed by atoms with Crippen LogP contribution in [0.15, 0.2) is 437 Å². The summed E-state index contributed by atoms with van der Waals surface area (Å²) in [5.74, 6) is 2.94. The Morgan fingerprint density at radius 1 is 0.139 bits per heavy atom. The number of fused-ring (bicyclic) bond motifs is 40. The Morgan fingerprint density at radius 2 is 0.409 bits per heavy atom. The minimum Gasteiger partial charge on any atom is -0.309 e. The Balaban J connectivity index is 0.0000000983. The summed E-state index contributed by atoms with van der Waals surface area (Å²) in [4.78, 5) is 15.4. The zero-order valence-electron chi connectivity index (χ0n) is 73.2. The van der Waals surface area contributed by atoms with Crippen LogP contribution in [0, 0.1) is 0 Å². The average Bonchev–Trinajstić information content (AvgIpc) is 1.51. The number of aromatic nitrogens is 10. The average molecular weight is 1820 g/mol. The van der Waals surface area contributed by atoms with Gasteiger partial charge in [0.25, 0.3) is 0 Å². The highest BCUT2D eigenvalue weighted by Gasteiger charge is 2.32. The van der Waals surface area contributed by atoms with Gasteiger partial charge in [-0.25, -0.2) is 15.0 Å². The molecular weight excluding hydrogens is 1750 g/mol. The van der Waals surface area contributed by atoms with Crippen LogP contribution in [0.2, 0.25) is 0 Å². The molecule has 0 saturated carbocycles. The Labute approximate surface area is 796 Å². The number of hydrogen-bond acceptors (Lipinski definition) is 7. The molecule has 0 bridgehead atoms. The van der Waals surface area contributed by atoms with Gasteiger partial charge in [0, 0.05) is 174 Å². The Hall–Kier alpha value is -17.1. The van der Waals surface area contributed by atoms with Crippen molar-refractivity contribution >= 4 is 279 Å². The number of rotatable bonds is 7. The van der Waals surface area contributed by atoms with Crippen LogP contribution in [0.3, 0.4) is 0 Å². The first-order valence-electron chi connectivity index (χ1n) is 46.3. The number of nitrogens with zero attached hydrogens (tertiary/aromatic N) is 10. The van der Waals surface area contributed by atoms with E-state index in [-0.39, 0.29) is 0 Å². The van der Waals surface area contributed by atoms with Gasteiger partial charge in [-0.2, -0.15) is 0 Å². The van der Waals surface area contributed by atoms with Crippen LogP contribution < -0.4 is 0 Å². The summed E-state index contributed by atoms with van der Waals surface area (Å²) in [7, 11) is 0. The molecule has 137 heavy (non-hydrogen) atoms. The van der Waals surface area contributed by atoms with Crippen molar-refractivity contribution in [3.8, 4) is 40.2 Å². The molecule has 0 unspecified atom stereocenters. The van der Waals surface area contributed by atoms with E-state index in [9.17, 15) is 0 Å². The molecule has 32 rings (SSSR count). The molecule has 0 radical (unpaired) electrons. The molecule has 10 nitrogen and oxygen atoms in total. The zero-order chi connectivity index (χ0) is 89.3. The van der Waals surface area contributed by atoms with Crippen molar-refractivity contribution in [2.24, 2.45) is 0 Å². The van der Waals surface area contributed by atoms with Crippen LogP contribution in [0.4, 0.5) is 0 Å². The number of hydrogen-bond donors (Lipinski definition) is 0. The molecule has 14 heteroatoms. The SMILES string of the molecule is c1ccc(-n2c3ccccc3c3c4c5ccccc5n(-c5ccccc5)c4c4c5ccnc(-n6c7ccccc7c7ccccc76)c5sc4c32)cc1.c1ccc(-n2c3ccccc3c3c4c5ccccc5sc4c4c5ccnc(-n6c7ccccc7c7ccccc76)c5sc4c32)cc1.c1ccc(-n2c3ccccc3c3c4sc5c(-n6c7ccccc7c7ccccc76)nccc5c4ccc32)cc1. The predicted molar refractivity (Wildman–Crippen MR) is 585 cm³/mol. The number of para-hydroxylation sites is 14. The Morgan fingerprint density at radius 3 is 0.810 bits per heavy atom. The maximum absolute atomic E-state index is 5.21. The van der Waals surface area contributed by atoms with Crippen LogP contribution in [0.5, 0.6) is 0 Å². The van der Waals surface area contributed by atoms with E-state index in [4.69, 9.17) is 15.0 Å². The standard InChI is InChI=1S/C47H28N4S.C41H23N3S2.C35H21N3S/c1-3-15-29(16-4-1)49-38-25-13-9-21-33(38)40-41-34-22-10-14-26-39(34)50(30-17-5-2-6-18-30)44(41)46-42(43(40)49)35-27-28-48-47(45(35)52-46)51-36-23-11-7-19-31(36)32-20-8-12-24-37(32)51;1-2-12-24(13-3-1)43-32-20-10-6-16-27(32)34-35-28-17-7-11-21-33(28)45-39(35)36-29-22-23-42-41(38(29)46-40(36)37(34)43)44-30-18-8-4-14-25(30)26-15-5-9-19-31(26)44;1-2-10-22(11-3-1)37-30-17-9-6-14-27(30)32-31(37)19-18-25-26-20-21-36-35(34(26)39-33(25)32)38-28-15-7-4-12-23(28)24-13-5-8-16-29(24)38/h1-28H;1-23H;1-21H. The molecule has 0 N–H and O–H groups in total. The minimum absolute atomic E-state index is 0.960. The van der Waals surface area contributed by atoms with Gasteiger partial charge in [0.15, 0.2) is 17.5 Å². The largest absolute Gasteiger partial charge is 0.309 e. The van der Waals surface area contributed by atoms with Gasteiger partial charge in [0.2, 0.25) is 0 Å². The fourth-order valence-corrected chi connectivity index (χ4v) is 28.3. The lowest BCUT2D eigenvalue weighted by atomic mass is 10.0. The van der Waals surface area contributed by atoms with Gasteiger partial charge in [-0.3, -0.25) is 13.7 Å². The molecule has 0 aliphatic rings. The van der Waals surface area contributed by atoms with Crippen molar-refractivity contribution in [1.82, 2.24) is 46.9 Å². The second-order valence-electron chi connectivity index (χ2n) is 35.4. The molecular formula is C123H72N10S4. The van der Waals surface area contributed by atoms with Crippen molar-refractivity contribution in [3.05, 3.63) is 437 Å². The van der Waals surface area contributed by atoms with E-state index < -0.39 is 0 Å². The van der Waals surface area contributed by atoms with Gasteiger partial charge in [0.05, 0.1) is 101 Å². The van der Waals surface area contributed by atoms with Gasteiger partial charge < -0.3 is 18.3 Å². The fraction of sp³-hybridized carbons (Fsp3) is 0. The number of pyridine rings is 3. The smallest absolute Gasteiger partial charge is 0.155 e. The molecule has 0 spiro atoms. The number of thiophene rings is 4. The molecule has 18 aromatic carbocycles. The van der Waals surface area contributed by atoms with Gasteiger partial charge in [-0.05, 0) is 140 Å². The van der Waals surface area contributed by atoms with Crippen molar-refractivity contribution in [2.75, 3.05) is 0 Å². The fourth-order valence-electron chi connectivity index (χ4n) is 22.9. The van der Waals surface area contributed by atoms with Gasteiger partial charge >= 0.3 is 0 Å². The Bertz CT molecular complexity index is 10600. The van der Waals surface area contributed by atoms with E-state index >= 15 is 0 Å². The first-order valence-corrected chi connectivity index (χ1v) is 49.6. The van der Waals surface area contributed by atoms with Crippen molar-refractivity contribution in [1.29, 1.82) is 0 Å². The third-order valence-electron chi connectivity index (χ3n) is 28.4. The molecule has 32 aromatic rings. The summed E-state index contributed by atoms with van der Waals surface area (Å²) >= 11 is 7.53. The lowest BCUT2D eigenvalue weighted by Crippen LogP contribution is -1.97. The maximum Gasteiger partial charge on any atom is 0.155 e. The van der Waals surface area contributed by atoms with Crippen molar-refractivity contribution in [2.45, 2.75) is 0 Å². The van der Waals surface area contributed by atoms with Crippen LogP contribution in [0.25, 0.3) is 274 Å². The molecule has 14 aromatic heterocycles. The summed E-state index contributed by atoms with van der Waals surface area (Å²) in [6, 6.07) is 151. The third-order valence-corrected chi connectivity index (χ3v) is 33.2. The summed E-state index contributed by atoms with van der Waals surface area (Å²) in [5.41, 5.74) is 21.5. The highest BCUT2D eigenvalue weighted by molar-refractivity contribution is 7.31. The van der Waals surface area contributed by atoms with E-state index in [1.807, 2.05) is 63.9 Å². The molecule has 0 fully saturated rings. The van der Waals surface area contributed by atoms with E-state index in [0.29, 0.717) is 0 Å². The summed E-state index contributed by atoms with van der Waals surface area (Å²) in [6.07, 6.45) is 5.97. The summed E-state index contributed by atoms with van der Waals surface area (Å²) < 4.78 is 27.1. The highest BCUT2D eigenvalue weighted by Crippen LogP contribution is 2.57. The molecule has 0 atom stereocenters. The highest BCUT2D eigenvalue weighted by atomic mass is 32.1. The first-order chi connectivity index (χ1) is 68.1. The lowest BCUT2D eigenvalue weighted by molar-refractivity contribution is 1.10. The van der Waals surface area contributed by atoms with Crippen LogP contribution in [-0.4, -0.2) is 46.9 Å². The second-order valence-corrected chi connectivity index (χ2v) is 39.5.